The number of imidazole rings is 1. The maximum Gasteiger partial charge on any atom is 0.185 e. The number of aldehydes is 1. The van der Waals surface area contributed by atoms with E-state index in [2.05, 4.69) is 29.2 Å². The standard InChI is InChI=1S/C23H18N2O/c26-17-21-24-22(19-12-6-2-7-13-19)23(20-14-8-3-9-15-20)25(21)16-18-10-4-1-5-11-18/h1-15,17H,16H2. The fourth-order valence-corrected chi connectivity index (χ4v) is 3.17. The van der Waals surface area contributed by atoms with E-state index in [1.165, 1.54) is 0 Å². The van der Waals surface area contributed by atoms with Gasteiger partial charge in [0, 0.05) is 17.7 Å². The summed E-state index contributed by atoms with van der Waals surface area (Å²) in [6.07, 6.45) is 0.835. The van der Waals surface area contributed by atoms with Crippen LogP contribution in [-0.2, 0) is 6.54 Å². The van der Waals surface area contributed by atoms with E-state index in [1.807, 2.05) is 71.3 Å². The normalized spacial score (nSPS) is 10.6. The number of carbonyl (C=O) groups is 1. The Bertz CT molecular complexity index is 1010. The molecule has 3 heteroatoms. The van der Waals surface area contributed by atoms with E-state index in [9.17, 15) is 4.79 Å². The molecule has 0 bridgehead atoms. The van der Waals surface area contributed by atoms with Crippen molar-refractivity contribution in [2.45, 2.75) is 6.54 Å². The van der Waals surface area contributed by atoms with Gasteiger partial charge in [-0.05, 0) is 5.56 Å². The lowest BCUT2D eigenvalue weighted by molar-refractivity contribution is 0.111. The first-order valence-corrected chi connectivity index (χ1v) is 8.57. The van der Waals surface area contributed by atoms with Crippen LogP contribution in [0, 0.1) is 0 Å². The van der Waals surface area contributed by atoms with Gasteiger partial charge in [-0.2, -0.15) is 0 Å². The van der Waals surface area contributed by atoms with E-state index in [0.29, 0.717) is 12.4 Å². The van der Waals surface area contributed by atoms with Crippen LogP contribution in [0.3, 0.4) is 0 Å². The van der Waals surface area contributed by atoms with E-state index in [1.54, 1.807) is 0 Å². The Kier molecular flexibility index (Phi) is 4.44. The summed E-state index contributed by atoms with van der Waals surface area (Å²) < 4.78 is 2.00. The smallest absolute Gasteiger partial charge is 0.185 e. The molecule has 4 aromatic rings. The average Bonchev–Trinajstić information content (AvgIpc) is 3.08. The molecule has 0 aliphatic carbocycles. The van der Waals surface area contributed by atoms with E-state index < -0.39 is 0 Å². The third-order valence-electron chi connectivity index (χ3n) is 4.38. The van der Waals surface area contributed by atoms with E-state index >= 15 is 0 Å². The Hall–Kier alpha value is -3.46. The molecule has 126 valence electrons. The second-order valence-corrected chi connectivity index (χ2v) is 6.09. The van der Waals surface area contributed by atoms with Gasteiger partial charge in [-0.1, -0.05) is 91.0 Å². The molecule has 0 saturated heterocycles. The number of hydrogen-bond acceptors (Lipinski definition) is 2. The van der Waals surface area contributed by atoms with Gasteiger partial charge in [-0.25, -0.2) is 4.98 Å². The molecule has 1 aromatic heterocycles. The zero-order valence-electron chi connectivity index (χ0n) is 14.2. The summed E-state index contributed by atoms with van der Waals surface area (Å²) in [6, 6.07) is 30.2. The van der Waals surface area contributed by atoms with E-state index in [4.69, 9.17) is 0 Å². The summed E-state index contributed by atoms with van der Waals surface area (Å²) >= 11 is 0. The first-order chi connectivity index (χ1) is 12.9. The van der Waals surface area contributed by atoms with Crippen LogP contribution in [0.15, 0.2) is 91.0 Å². The molecule has 1 heterocycles. The van der Waals surface area contributed by atoms with Gasteiger partial charge < -0.3 is 4.57 Å². The second kappa shape index (κ2) is 7.19. The number of aromatic nitrogens is 2. The summed E-state index contributed by atoms with van der Waals surface area (Å²) in [5, 5.41) is 0. The van der Waals surface area contributed by atoms with E-state index in [-0.39, 0.29) is 0 Å². The van der Waals surface area contributed by atoms with Gasteiger partial charge >= 0.3 is 0 Å². The van der Waals surface area contributed by atoms with Crippen LogP contribution in [0.1, 0.15) is 16.2 Å². The third-order valence-corrected chi connectivity index (χ3v) is 4.38. The summed E-state index contributed by atoms with van der Waals surface area (Å²) in [4.78, 5) is 16.4. The number of benzene rings is 3. The average molecular weight is 338 g/mol. The predicted molar refractivity (Wildman–Crippen MR) is 104 cm³/mol. The molecule has 0 amide bonds. The second-order valence-electron chi connectivity index (χ2n) is 6.09. The maximum absolute atomic E-state index is 11.8. The molecule has 26 heavy (non-hydrogen) atoms. The Labute approximate surface area is 152 Å². The number of carbonyl (C=O) groups excluding carboxylic acids is 1. The molecule has 0 saturated carbocycles. The first kappa shape index (κ1) is 16.0. The molecule has 0 aliphatic rings. The predicted octanol–water partition coefficient (Wildman–Crippen LogP) is 5.08. The largest absolute Gasteiger partial charge is 0.317 e. The van der Waals surface area contributed by atoms with Crippen molar-refractivity contribution in [3.8, 4) is 22.5 Å². The Morgan fingerprint density at radius 2 is 1.27 bits per heavy atom. The lowest BCUT2D eigenvalue weighted by Crippen LogP contribution is -2.06. The highest BCUT2D eigenvalue weighted by atomic mass is 16.1. The number of nitrogens with zero attached hydrogens (tertiary/aromatic N) is 2. The minimum absolute atomic E-state index is 0.437. The van der Waals surface area contributed by atoms with Gasteiger partial charge in [0.2, 0.25) is 0 Å². The first-order valence-electron chi connectivity index (χ1n) is 8.57. The van der Waals surface area contributed by atoms with Gasteiger partial charge in [0.15, 0.2) is 12.1 Å². The van der Waals surface area contributed by atoms with Crippen molar-refractivity contribution in [2.75, 3.05) is 0 Å². The lowest BCUT2D eigenvalue weighted by atomic mass is 10.0. The maximum atomic E-state index is 11.8. The summed E-state index contributed by atoms with van der Waals surface area (Å²) in [5.41, 5.74) is 4.96. The summed E-state index contributed by atoms with van der Waals surface area (Å²) in [7, 11) is 0. The third kappa shape index (κ3) is 3.07. The fourth-order valence-electron chi connectivity index (χ4n) is 3.17. The van der Waals surface area contributed by atoms with Crippen molar-refractivity contribution in [2.24, 2.45) is 0 Å². The van der Waals surface area contributed by atoms with Gasteiger partial charge in [0.1, 0.15) is 0 Å². The topological polar surface area (TPSA) is 34.9 Å². The monoisotopic (exact) mass is 338 g/mol. The quantitative estimate of drug-likeness (QED) is 0.476. The molecule has 0 N–H and O–H groups in total. The zero-order chi connectivity index (χ0) is 17.8. The van der Waals surface area contributed by atoms with Crippen LogP contribution < -0.4 is 0 Å². The molecule has 0 spiro atoms. The Balaban J connectivity index is 1.94. The van der Waals surface area contributed by atoms with Gasteiger partial charge in [0.25, 0.3) is 0 Å². The van der Waals surface area contributed by atoms with Crippen molar-refractivity contribution in [3.05, 3.63) is 102 Å². The molecule has 0 atom stereocenters. The molecular formula is C23H18N2O. The zero-order valence-corrected chi connectivity index (χ0v) is 14.2. The molecule has 3 aromatic carbocycles. The van der Waals surface area contributed by atoms with Crippen molar-refractivity contribution < 1.29 is 4.79 Å². The van der Waals surface area contributed by atoms with E-state index in [0.717, 1.165) is 34.4 Å². The minimum Gasteiger partial charge on any atom is -0.317 e. The highest BCUT2D eigenvalue weighted by Gasteiger charge is 2.19. The van der Waals surface area contributed by atoms with Crippen molar-refractivity contribution >= 4 is 6.29 Å². The Morgan fingerprint density at radius 3 is 1.85 bits per heavy atom. The summed E-state index contributed by atoms with van der Waals surface area (Å²) in [5.74, 6) is 0.437. The van der Waals surface area contributed by atoms with Crippen molar-refractivity contribution in [1.82, 2.24) is 9.55 Å². The van der Waals surface area contributed by atoms with Crippen LogP contribution in [-0.4, -0.2) is 15.8 Å². The van der Waals surface area contributed by atoms with Crippen LogP contribution in [0.25, 0.3) is 22.5 Å². The van der Waals surface area contributed by atoms with Crippen LogP contribution >= 0.6 is 0 Å². The Morgan fingerprint density at radius 1 is 0.731 bits per heavy atom. The molecule has 0 aliphatic heterocycles. The van der Waals surface area contributed by atoms with Gasteiger partial charge in [0.05, 0.1) is 11.4 Å². The van der Waals surface area contributed by atoms with Gasteiger partial charge in [-0.3, -0.25) is 4.79 Å². The summed E-state index contributed by atoms with van der Waals surface area (Å²) in [6.45, 7) is 0.596. The fraction of sp³-hybridized carbons (Fsp3) is 0.0435. The van der Waals surface area contributed by atoms with Crippen molar-refractivity contribution in [3.63, 3.8) is 0 Å². The minimum atomic E-state index is 0.437. The molecule has 4 rings (SSSR count). The number of rotatable bonds is 5. The molecule has 0 fully saturated rings. The van der Waals surface area contributed by atoms with Crippen molar-refractivity contribution in [1.29, 1.82) is 0 Å². The lowest BCUT2D eigenvalue weighted by Gasteiger charge is -2.12. The molecule has 3 nitrogen and oxygen atoms in total. The number of hydrogen-bond donors (Lipinski definition) is 0. The molecular weight excluding hydrogens is 320 g/mol. The van der Waals surface area contributed by atoms with Crippen LogP contribution in [0.4, 0.5) is 0 Å². The SMILES string of the molecule is O=Cc1nc(-c2ccccc2)c(-c2ccccc2)n1Cc1ccccc1. The van der Waals surface area contributed by atoms with Crippen LogP contribution in [0.5, 0.6) is 0 Å². The molecule has 0 radical (unpaired) electrons. The van der Waals surface area contributed by atoms with Gasteiger partial charge in [-0.15, -0.1) is 0 Å². The highest BCUT2D eigenvalue weighted by molar-refractivity contribution is 5.83. The molecule has 0 unspecified atom stereocenters. The highest BCUT2D eigenvalue weighted by Crippen LogP contribution is 2.33. The van der Waals surface area contributed by atoms with Crippen LogP contribution in [0.2, 0.25) is 0 Å².